The summed E-state index contributed by atoms with van der Waals surface area (Å²) in [6.07, 6.45) is -0.686. The fourth-order valence-electron chi connectivity index (χ4n) is 2.27. The number of nitrogens with two attached hydrogens (primary N) is 1. The number of aliphatic hydroxyl groups excluding tert-OH is 1. The van der Waals surface area contributed by atoms with Crippen LogP contribution in [0.15, 0.2) is 42.5 Å². The van der Waals surface area contributed by atoms with E-state index in [0.29, 0.717) is 11.6 Å². The number of aliphatic hydroxyl groups is 1. The van der Waals surface area contributed by atoms with Gasteiger partial charge in [0.2, 0.25) is 0 Å². The molecule has 0 saturated heterocycles. The van der Waals surface area contributed by atoms with E-state index in [1.54, 1.807) is 12.1 Å². The van der Waals surface area contributed by atoms with Crippen LogP contribution in [-0.4, -0.2) is 11.7 Å². The standard InChI is InChI=1S/C18H23NO2/c1-12(2)16-8-7-13(3)9-18(16)21-11-17(20)14-5-4-6-15(19)10-14/h4-10,12,17,20H,11,19H2,1-3H3. The Balaban J connectivity index is 2.11. The smallest absolute Gasteiger partial charge is 0.123 e. The molecule has 0 radical (unpaired) electrons. The summed E-state index contributed by atoms with van der Waals surface area (Å²) in [4.78, 5) is 0. The highest BCUT2D eigenvalue weighted by Gasteiger charge is 2.12. The van der Waals surface area contributed by atoms with Crippen LogP contribution in [0.3, 0.4) is 0 Å². The van der Waals surface area contributed by atoms with E-state index in [2.05, 4.69) is 26.0 Å². The highest BCUT2D eigenvalue weighted by molar-refractivity contribution is 5.42. The molecule has 0 aromatic heterocycles. The summed E-state index contributed by atoms with van der Waals surface area (Å²) in [5.41, 5.74) is 9.45. The van der Waals surface area contributed by atoms with E-state index in [0.717, 1.165) is 22.4 Å². The van der Waals surface area contributed by atoms with Gasteiger partial charge in [0, 0.05) is 5.69 Å². The molecule has 1 atom stereocenters. The second-order valence-electron chi connectivity index (χ2n) is 5.69. The van der Waals surface area contributed by atoms with Gasteiger partial charge in [-0.3, -0.25) is 0 Å². The summed E-state index contributed by atoms with van der Waals surface area (Å²) in [6, 6.07) is 13.4. The van der Waals surface area contributed by atoms with Gasteiger partial charge in [-0.1, -0.05) is 38.1 Å². The first kappa shape index (κ1) is 15.4. The lowest BCUT2D eigenvalue weighted by Crippen LogP contribution is -2.11. The van der Waals surface area contributed by atoms with Crippen LogP contribution in [0.1, 0.15) is 42.6 Å². The molecule has 0 fully saturated rings. The van der Waals surface area contributed by atoms with Crippen LogP contribution < -0.4 is 10.5 Å². The fraction of sp³-hybridized carbons (Fsp3) is 0.333. The molecule has 3 heteroatoms. The van der Waals surface area contributed by atoms with Crippen molar-refractivity contribution in [3.05, 3.63) is 59.2 Å². The van der Waals surface area contributed by atoms with Gasteiger partial charge in [0.1, 0.15) is 18.5 Å². The molecule has 0 amide bonds. The molecular formula is C18H23NO2. The lowest BCUT2D eigenvalue weighted by atomic mass is 10.0. The zero-order valence-electron chi connectivity index (χ0n) is 12.8. The number of hydrogen-bond donors (Lipinski definition) is 2. The maximum absolute atomic E-state index is 10.2. The number of ether oxygens (including phenoxy) is 1. The van der Waals surface area contributed by atoms with E-state index >= 15 is 0 Å². The first-order valence-electron chi connectivity index (χ1n) is 7.24. The van der Waals surface area contributed by atoms with E-state index < -0.39 is 6.10 Å². The van der Waals surface area contributed by atoms with Crippen molar-refractivity contribution in [2.75, 3.05) is 12.3 Å². The third-order valence-electron chi connectivity index (χ3n) is 3.48. The third kappa shape index (κ3) is 3.99. The molecule has 2 rings (SSSR count). The van der Waals surface area contributed by atoms with Crippen LogP contribution in [0.25, 0.3) is 0 Å². The van der Waals surface area contributed by atoms with Gasteiger partial charge >= 0.3 is 0 Å². The minimum absolute atomic E-state index is 0.215. The van der Waals surface area contributed by atoms with E-state index in [1.807, 2.05) is 25.1 Å². The van der Waals surface area contributed by atoms with Crippen LogP contribution in [-0.2, 0) is 0 Å². The van der Waals surface area contributed by atoms with Crippen LogP contribution in [0.2, 0.25) is 0 Å². The molecule has 1 unspecified atom stereocenters. The number of rotatable bonds is 5. The number of hydrogen-bond acceptors (Lipinski definition) is 3. The average molecular weight is 285 g/mol. The molecule has 0 saturated carbocycles. The molecule has 0 aliphatic heterocycles. The molecule has 0 spiro atoms. The van der Waals surface area contributed by atoms with Crippen molar-refractivity contribution in [3.63, 3.8) is 0 Å². The first-order valence-corrected chi connectivity index (χ1v) is 7.24. The largest absolute Gasteiger partial charge is 0.490 e. The molecule has 2 aromatic carbocycles. The summed E-state index contributed by atoms with van der Waals surface area (Å²) in [6.45, 7) is 6.51. The molecule has 0 bridgehead atoms. The quantitative estimate of drug-likeness (QED) is 0.821. The highest BCUT2D eigenvalue weighted by atomic mass is 16.5. The monoisotopic (exact) mass is 285 g/mol. The maximum atomic E-state index is 10.2. The topological polar surface area (TPSA) is 55.5 Å². The van der Waals surface area contributed by atoms with Gasteiger partial charge in [0.15, 0.2) is 0 Å². The SMILES string of the molecule is Cc1ccc(C(C)C)c(OCC(O)c2cccc(N)c2)c1. The minimum atomic E-state index is -0.686. The van der Waals surface area contributed by atoms with E-state index in [-0.39, 0.29) is 6.61 Å². The Hall–Kier alpha value is -2.00. The average Bonchev–Trinajstić information content (AvgIpc) is 2.44. The Morgan fingerprint density at radius 3 is 2.57 bits per heavy atom. The number of anilines is 1. The van der Waals surface area contributed by atoms with Crippen molar-refractivity contribution >= 4 is 5.69 Å². The maximum Gasteiger partial charge on any atom is 0.123 e. The van der Waals surface area contributed by atoms with Gasteiger partial charge in [0.25, 0.3) is 0 Å². The second-order valence-corrected chi connectivity index (χ2v) is 5.69. The van der Waals surface area contributed by atoms with E-state index in [1.165, 1.54) is 0 Å². The lowest BCUT2D eigenvalue weighted by molar-refractivity contribution is 0.107. The van der Waals surface area contributed by atoms with Crippen molar-refractivity contribution in [1.29, 1.82) is 0 Å². The van der Waals surface area contributed by atoms with E-state index in [9.17, 15) is 5.11 Å². The second kappa shape index (κ2) is 6.64. The molecule has 0 heterocycles. The molecule has 112 valence electrons. The Morgan fingerprint density at radius 1 is 1.14 bits per heavy atom. The van der Waals surface area contributed by atoms with Gasteiger partial charge in [-0.05, 0) is 47.7 Å². The molecule has 0 aliphatic rings. The molecular weight excluding hydrogens is 262 g/mol. The summed E-state index contributed by atoms with van der Waals surface area (Å²) in [5, 5.41) is 10.2. The zero-order valence-corrected chi connectivity index (χ0v) is 12.8. The number of aryl methyl sites for hydroxylation is 1. The van der Waals surface area contributed by atoms with E-state index in [4.69, 9.17) is 10.5 Å². The Morgan fingerprint density at radius 2 is 1.90 bits per heavy atom. The fourth-order valence-corrected chi connectivity index (χ4v) is 2.27. The summed E-state index contributed by atoms with van der Waals surface area (Å²) >= 11 is 0. The normalized spacial score (nSPS) is 12.4. The van der Waals surface area contributed by atoms with Gasteiger partial charge in [-0.25, -0.2) is 0 Å². The third-order valence-corrected chi connectivity index (χ3v) is 3.48. The Bertz CT molecular complexity index is 608. The Labute approximate surface area is 126 Å². The molecule has 2 aromatic rings. The summed E-state index contributed by atoms with van der Waals surface area (Å²) < 4.78 is 5.84. The highest BCUT2D eigenvalue weighted by Crippen LogP contribution is 2.28. The van der Waals surface area contributed by atoms with Crippen molar-refractivity contribution in [2.45, 2.75) is 32.8 Å². The van der Waals surface area contributed by atoms with Crippen LogP contribution in [0, 0.1) is 6.92 Å². The van der Waals surface area contributed by atoms with Crippen LogP contribution >= 0.6 is 0 Å². The van der Waals surface area contributed by atoms with Crippen molar-refractivity contribution in [2.24, 2.45) is 0 Å². The predicted octanol–water partition coefficient (Wildman–Crippen LogP) is 3.81. The van der Waals surface area contributed by atoms with Crippen molar-refractivity contribution < 1.29 is 9.84 Å². The molecule has 0 aliphatic carbocycles. The van der Waals surface area contributed by atoms with Crippen molar-refractivity contribution in [3.8, 4) is 5.75 Å². The predicted molar refractivity (Wildman–Crippen MR) is 86.6 cm³/mol. The number of nitrogen functional groups attached to an aromatic ring is 1. The van der Waals surface area contributed by atoms with Gasteiger partial charge in [-0.2, -0.15) is 0 Å². The van der Waals surface area contributed by atoms with Crippen LogP contribution in [0.4, 0.5) is 5.69 Å². The zero-order chi connectivity index (χ0) is 15.4. The van der Waals surface area contributed by atoms with Crippen LogP contribution in [0.5, 0.6) is 5.75 Å². The summed E-state index contributed by atoms with van der Waals surface area (Å²) in [7, 11) is 0. The minimum Gasteiger partial charge on any atom is -0.490 e. The number of benzene rings is 2. The molecule has 3 nitrogen and oxygen atoms in total. The van der Waals surface area contributed by atoms with Crippen molar-refractivity contribution in [1.82, 2.24) is 0 Å². The Kier molecular flexibility index (Phi) is 4.86. The lowest BCUT2D eigenvalue weighted by Gasteiger charge is -2.17. The summed E-state index contributed by atoms with van der Waals surface area (Å²) in [5.74, 6) is 1.22. The van der Waals surface area contributed by atoms with Gasteiger partial charge in [-0.15, -0.1) is 0 Å². The molecule has 21 heavy (non-hydrogen) atoms. The first-order chi connectivity index (χ1) is 9.97. The van der Waals surface area contributed by atoms with Gasteiger partial charge < -0.3 is 15.6 Å². The molecule has 3 N–H and O–H groups in total. The van der Waals surface area contributed by atoms with Gasteiger partial charge in [0.05, 0.1) is 0 Å².